The number of alkyl halides is 2. The number of carbonyl (C=O) groups is 1. The Labute approximate surface area is 213 Å². The SMILES string of the molecule is CCCC(=O)N1CCc2c(c(Nc3cc(C(F)F)c(-c4cnn(C)c4)cc3F)nn2C2CCOCC2)C1. The molecule has 198 valence electrons. The quantitative estimate of drug-likeness (QED) is 0.471. The van der Waals surface area contributed by atoms with E-state index >= 15 is 4.39 Å². The highest BCUT2D eigenvalue weighted by Gasteiger charge is 2.31. The number of ether oxygens (including phenoxy) is 1. The van der Waals surface area contributed by atoms with E-state index in [-0.39, 0.29) is 28.8 Å². The van der Waals surface area contributed by atoms with Crippen LogP contribution in [0.2, 0.25) is 0 Å². The van der Waals surface area contributed by atoms with Crippen LogP contribution in [0.25, 0.3) is 11.1 Å². The maximum atomic E-state index is 15.3. The normalized spacial score (nSPS) is 16.3. The van der Waals surface area contributed by atoms with Crippen LogP contribution in [0, 0.1) is 5.82 Å². The minimum absolute atomic E-state index is 0.0601. The van der Waals surface area contributed by atoms with Crippen LogP contribution >= 0.6 is 0 Å². The summed E-state index contributed by atoms with van der Waals surface area (Å²) in [6.45, 7) is 4.15. The Bertz CT molecular complexity index is 1280. The van der Waals surface area contributed by atoms with Crippen LogP contribution in [0.15, 0.2) is 24.5 Å². The molecule has 8 nitrogen and oxygen atoms in total. The van der Waals surface area contributed by atoms with Gasteiger partial charge < -0.3 is 15.0 Å². The Kier molecular flexibility index (Phi) is 7.23. The van der Waals surface area contributed by atoms with Crippen LogP contribution in [-0.4, -0.2) is 50.1 Å². The van der Waals surface area contributed by atoms with E-state index in [1.54, 1.807) is 18.1 Å². The monoisotopic (exact) mass is 516 g/mol. The molecule has 1 amide bonds. The lowest BCUT2D eigenvalue weighted by Gasteiger charge is -2.30. The molecular formula is C26H31F3N6O2. The maximum absolute atomic E-state index is 15.3. The molecule has 1 fully saturated rings. The number of halogens is 3. The number of carbonyl (C=O) groups excluding carboxylic acids is 1. The highest BCUT2D eigenvalue weighted by molar-refractivity contribution is 5.77. The second-order valence-electron chi connectivity index (χ2n) is 9.62. The molecular weight excluding hydrogens is 485 g/mol. The lowest BCUT2D eigenvalue weighted by molar-refractivity contribution is -0.132. The molecule has 5 rings (SSSR count). The minimum atomic E-state index is -2.81. The second-order valence-corrected chi connectivity index (χ2v) is 9.62. The number of nitrogens with zero attached hydrogens (tertiary/aromatic N) is 5. The Morgan fingerprint density at radius 3 is 2.73 bits per heavy atom. The van der Waals surface area contributed by atoms with Crippen molar-refractivity contribution < 1.29 is 22.7 Å². The number of hydrogen-bond acceptors (Lipinski definition) is 5. The van der Waals surface area contributed by atoms with Gasteiger partial charge in [-0.2, -0.15) is 10.2 Å². The predicted octanol–water partition coefficient (Wildman–Crippen LogP) is 5.14. The maximum Gasteiger partial charge on any atom is 0.264 e. The van der Waals surface area contributed by atoms with Gasteiger partial charge in [0.2, 0.25) is 5.91 Å². The average molecular weight is 517 g/mol. The summed E-state index contributed by atoms with van der Waals surface area (Å²) >= 11 is 0. The number of amides is 1. The third kappa shape index (κ3) is 5.09. The lowest BCUT2D eigenvalue weighted by Crippen LogP contribution is -2.36. The number of aromatic nitrogens is 4. The van der Waals surface area contributed by atoms with Crippen molar-refractivity contribution in [2.45, 2.75) is 58.0 Å². The minimum Gasteiger partial charge on any atom is -0.381 e. The van der Waals surface area contributed by atoms with Crippen molar-refractivity contribution in [1.82, 2.24) is 24.5 Å². The van der Waals surface area contributed by atoms with Crippen molar-refractivity contribution in [2.24, 2.45) is 7.05 Å². The average Bonchev–Trinajstić information content (AvgIpc) is 3.49. The number of hydrogen-bond donors (Lipinski definition) is 1. The van der Waals surface area contributed by atoms with Gasteiger partial charge >= 0.3 is 0 Å². The van der Waals surface area contributed by atoms with Crippen molar-refractivity contribution in [1.29, 1.82) is 0 Å². The Balaban J connectivity index is 1.53. The van der Waals surface area contributed by atoms with Gasteiger partial charge in [-0.1, -0.05) is 6.92 Å². The van der Waals surface area contributed by atoms with E-state index in [0.717, 1.165) is 42.7 Å². The fourth-order valence-electron chi connectivity index (χ4n) is 5.17. The summed E-state index contributed by atoms with van der Waals surface area (Å²) in [7, 11) is 1.67. The smallest absolute Gasteiger partial charge is 0.264 e. The van der Waals surface area contributed by atoms with Crippen molar-refractivity contribution >= 4 is 17.4 Å². The first-order valence-electron chi connectivity index (χ1n) is 12.7. The zero-order chi connectivity index (χ0) is 26.1. The fraction of sp³-hybridized carbons (Fsp3) is 0.500. The largest absolute Gasteiger partial charge is 0.381 e. The van der Waals surface area contributed by atoms with E-state index in [2.05, 4.69) is 10.4 Å². The van der Waals surface area contributed by atoms with Crippen LogP contribution in [0.5, 0.6) is 0 Å². The van der Waals surface area contributed by atoms with E-state index in [1.165, 1.54) is 10.9 Å². The van der Waals surface area contributed by atoms with Crippen LogP contribution in [0.3, 0.4) is 0 Å². The van der Waals surface area contributed by atoms with E-state index < -0.39 is 12.2 Å². The van der Waals surface area contributed by atoms with Crippen LogP contribution in [0.1, 0.15) is 61.9 Å². The van der Waals surface area contributed by atoms with Crippen molar-refractivity contribution in [2.75, 3.05) is 25.1 Å². The molecule has 2 aromatic heterocycles. The molecule has 1 aromatic carbocycles. The van der Waals surface area contributed by atoms with Crippen LogP contribution in [-0.2, 0) is 29.5 Å². The molecule has 1 N–H and O–H groups in total. The molecule has 0 aliphatic carbocycles. The number of benzene rings is 1. The summed E-state index contributed by atoms with van der Waals surface area (Å²) in [5.41, 5.74) is 1.92. The third-order valence-corrected chi connectivity index (χ3v) is 7.08. The Morgan fingerprint density at radius 2 is 2.05 bits per heavy atom. The third-order valence-electron chi connectivity index (χ3n) is 7.08. The zero-order valence-corrected chi connectivity index (χ0v) is 21.0. The second kappa shape index (κ2) is 10.6. The lowest BCUT2D eigenvalue weighted by atomic mass is 10.0. The summed E-state index contributed by atoms with van der Waals surface area (Å²) in [6, 6.07) is 2.38. The van der Waals surface area contributed by atoms with Gasteiger partial charge in [-0.15, -0.1) is 0 Å². The van der Waals surface area contributed by atoms with Gasteiger partial charge in [-0.05, 0) is 37.0 Å². The Hall–Kier alpha value is -3.34. The zero-order valence-electron chi connectivity index (χ0n) is 21.0. The van der Waals surface area contributed by atoms with Gasteiger partial charge in [0.1, 0.15) is 5.82 Å². The van der Waals surface area contributed by atoms with Gasteiger partial charge in [0, 0.05) is 68.2 Å². The molecule has 0 saturated carbocycles. The summed E-state index contributed by atoms with van der Waals surface area (Å²) in [5, 5.41) is 11.8. The fourth-order valence-corrected chi connectivity index (χ4v) is 5.17. The highest BCUT2D eigenvalue weighted by atomic mass is 19.3. The molecule has 0 radical (unpaired) electrons. The standard InChI is InChI=1S/C26H31F3N6O2/c1-3-4-24(36)34-8-5-23-20(15-34)26(32-35(23)17-6-9-37-10-7-17)31-22-12-19(25(28)29)18(11-21(22)27)16-13-30-33(2)14-16/h11-14,17,25H,3-10,15H2,1-2H3,(H,31,32). The van der Waals surface area contributed by atoms with E-state index in [4.69, 9.17) is 9.84 Å². The molecule has 3 aromatic rings. The molecule has 0 unspecified atom stereocenters. The summed E-state index contributed by atoms with van der Waals surface area (Å²) in [5.74, 6) is -0.221. The number of nitrogens with one attached hydrogen (secondary N) is 1. The molecule has 1 saturated heterocycles. The van der Waals surface area contributed by atoms with Crippen LogP contribution in [0.4, 0.5) is 24.7 Å². The molecule has 0 bridgehead atoms. The molecule has 11 heteroatoms. The first-order valence-corrected chi connectivity index (χ1v) is 12.7. The molecule has 4 heterocycles. The molecule has 37 heavy (non-hydrogen) atoms. The van der Waals surface area contributed by atoms with Gasteiger partial charge in [0.05, 0.1) is 24.5 Å². The van der Waals surface area contributed by atoms with Crippen LogP contribution < -0.4 is 5.32 Å². The summed E-state index contributed by atoms with van der Waals surface area (Å²) < 4.78 is 52.4. The predicted molar refractivity (Wildman–Crippen MR) is 132 cm³/mol. The summed E-state index contributed by atoms with van der Waals surface area (Å²) in [4.78, 5) is 14.4. The number of anilines is 2. The first kappa shape index (κ1) is 25.3. The van der Waals surface area contributed by atoms with Gasteiger partial charge in [0.25, 0.3) is 6.43 Å². The van der Waals surface area contributed by atoms with Crippen molar-refractivity contribution in [3.05, 3.63) is 47.2 Å². The van der Waals surface area contributed by atoms with Gasteiger partial charge in [-0.25, -0.2) is 13.2 Å². The van der Waals surface area contributed by atoms with Gasteiger partial charge in [-0.3, -0.25) is 14.2 Å². The highest BCUT2D eigenvalue weighted by Crippen LogP contribution is 2.38. The van der Waals surface area contributed by atoms with E-state index in [1.807, 2.05) is 11.6 Å². The molecule has 2 aliphatic heterocycles. The molecule has 0 atom stereocenters. The number of aryl methyl sites for hydroxylation is 1. The topological polar surface area (TPSA) is 77.2 Å². The molecule has 0 spiro atoms. The number of fused-ring (bicyclic) bond motifs is 1. The Morgan fingerprint density at radius 1 is 1.27 bits per heavy atom. The van der Waals surface area contributed by atoms with E-state index in [9.17, 15) is 13.6 Å². The summed E-state index contributed by atoms with van der Waals surface area (Å²) in [6.07, 6.45) is 3.62. The van der Waals surface area contributed by atoms with E-state index in [0.29, 0.717) is 50.5 Å². The molecule has 2 aliphatic rings. The number of rotatable bonds is 7. The van der Waals surface area contributed by atoms with Crippen molar-refractivity contribution in [3.63, 3.8) is 0 Å². The van der Waals surface area contributed by atoms with Crippen molar-refractivity contribution in [3.8, 4) is 11.1 Å². The van der Waals surface area contributed by atoms with Gasteiger partial charge in [0.15, 0.2) is 5.82 Å². The first-order chi connectivity index (χ1) is 17.9.